The lowest BCUT2D eigenvalue weighted by Gasteiger charge is -2.57. The van der Waals surface area contributed by atoms with Crippen molar-refractivity contribution in [3.8, 4) is 11.5 Å². The maximum Gasteiger partial charge on any atom is 0.227 e. The summed E-state index contributed by atoms with van der Waals surface area (Å²) in [6, 6.07) is 28.0. The van der Waals surface area contributed by atoms with Crippen LogP contribution in [0.25, 0.3) is 0 Å². The van der Waals surface area contributed by atoms with Gasteiger partial charge in [-0.1, -0.05) is 60.7 Å². The van der Waals surface area contributed by atoms with Crippen molar-refractivity contribution in [3.63, 3.8) is 0 Å². The molecule has 2 bridgehead atoms. The van der Waals surface area contributed by atoms with E-state index in [1.807, 2.05) is 23.1 Å². The van der Waals surface area contributed by atoms with E-state index in [9.17, 15) is 4.79 Å². The van der Waals surface area contributed by atoms with E-state index in [0.29, 0.717) is 12.5 Å². The van der Waals surface area contributed by atoms with E-state index in [1.165, 1.54) is 11.1 Å². The van der Waals surface area contributed by atoms with Gasteiger partial charge in [-0.2, -0.15) is 0 Å². The summed E-state index contributed by atoms with van der Waals surface area (Å²) in [4.78, 5) is 18.4. The Labute approximate surface area is 239 Å². The monoisotopic (exact) mass is 541 g/mol. The first-order valence-electron chi connectivity index (χ1n) is 14.7. The molecular formula is C34H43N3O3. The molecule has 212 valence electrons. The van der Waals surface area contributed by atoms with Gasteiger partial charge in [-0.25, -0.2) is 0 Å². The molecule has 0 aromatic heterocycles. The standard InChI is InChI=1S/C34H43N3O3/c1-5-36(6-2)34(38)29-23-37-20-19-28(29)32(35-22-26-21-27(39-3)17-18-30(26)40-4)33(37)31(24-13-9-7-10-14-24)25-15-11-8-12-16-25/h7-18,21,28-29,31-33,35H,5-6,19-20,22-23H2,1-4H3/t28-,29-,32+,33-/m0/s1. The fourth-order valence-electron chi connectivity index (χ4n) is 7.05. The highest BCUT2D eigenvalue weighted by atomic mass is 16.5. The molecule has 0 spiro atoms. The summed E-state index contributed by atoms with van der Waals surface area (Å²) in [6.07, 6.45) is 1.01. The molecule has 3 fully saturated rings. The first kappa shape index (κ1) is 28.2. The van der Waals surface area contributed by atoms with Gasteiger partial charge < -0.3 is 19.7 Å². The van der Waals surface area contributed by atoms with E-state index in [0.717, 1.165) is 49.7 Å². The highest BCUT2D eigenvalue weighted by Gasteiger charge is 2.52. The molecule has 3 aliphatic rings. The Morgan fingerprint density at radius 1 is 0.950 bits per heavy atom. The van der Waals surface area contributed by atoms with Crippen LogP contribution in [0.3, 0.4) is 0 Å². The van der Waals surface area contributed by atoms with Gasteiger partial charge in [0, 0.05) is 49.7 Å². The zero-order valence-electron chi connectivity index (χ0n) is 24.3. The zero-order chi connectivity index (χ0) is 28.1. The number of benzene rings is 3. The highest BCUT2D eigenvalue weighted by Crippen LogP contribution is 2.45. The van der Waals surface area contributed by atoms with Gasteiger partial charge >= 0.3 is 0 Å². The van der Waals surface area contributed by atoms with E-state index in [-0.39, 0.29) is 29.8 Å². The Kier molecular flexibility index (Phi) is 9.08. The molecule has 0 radical (unpaired) electrons. The first-order chi connectivity index (χ1) is 19.6. The van der Waals surface area contributed by atoms with Crippen LogP contribution in [0.1, 0.15) is 42.9 Å². The van der Waals surface area contributed by atoms with Crippen LogP contribution < -0.4 is 14.8 Å². The van der Waals surface area contributed by atoms with E-state index in [2.05, 4.69) is 84.7 Å². The van der Waals surface area contributed by atoms with Crippen LogP contribution in [-0.2, 0) is 11.3 Å². The van der Waals surface area contributed by atoms with Gasteiger partial charge in [0.05, 0.1) is 20.1 Å². The number of amides is 1. The zero-order valence-corrected chi connectivity index (χ0v) is 24.3. The largest absolute Gasteiger partial charge is 0.497 e. The molecular weight excluding hydrogens is 498 g/mol. The van der Waals surface area contributed by atoms with Gasteiger partial charge in [0.25, 0.3) is 0 Å². The number of carbonyl (C=O) groups is 1. The molecule has 1 N–H and O–H groups in total. The minimum Gasteiger partial charge on any atom is -0.497 e. The van der Waals surface area contributed by atoms with Gasteiger partial charge in [0.2, 0.25) is 5.91 Å². The van der Waals surface area contributed by atoms with Crippen LogP contribution in [0.4, 0.5) is 0 Å². The number of carbonyl (C=O) groups excluding carboxylic acids is 1. The van der Waals surface area contributed by atoms with Crippen molar-refractivity contribution in [1.82, 2.24) is 15.1 Å². The van der Waals surface area contributed by atoms with Crippen LogP contribution in [0.15, 0.2) is 78.9 Å². The molecule has 3 aromatic carbocycles. The number of fused-ring (bicyclic) bond motifs is 3. The predicted octanol–water partition coefficient (Wildman–Crippen LogP) is 5.18. The molecule has 5 atom stereocenters. The summed E-state index contributed by atoms with van der Waals surface area (Å²) in [5, 5.41) is 3.98. The molecule has 0 saturated carbocycles. The Bertz CT molecular complexity index is 1210. The van der Waals surface area contributed by atoms with Crippen molar-refractivity contribution in [2.75, 3.05) is 40.4 Å². The van der Waals surface area contributed by atoms with Crippen molar-refractivity contribution in [2.45, 2.75) is 44.8 Å². The topological polar surface area (TPSA) is 54.0 Å². The number of nitrogens with one attached hydrogen (secondary N) is 1. The minimum atomic E-state index is -0.0122. The average Bonchev–Trinajstić information content (AvgIpc) is 3.02. The maximum atomic E-state index is 13.8. The molecule has 3 saturated heterocycles. The summed E-state index contributed by atoms with van der Waals surface area (Å²) in [7, 11) is 3.40. The second kappa shape index (κ2) is 12.9. The Hall–Kier alpha value is -3.35. The third kappa shape index (κ3) is 5.61. The summed E-state index contributed by atoms with van der Waals surface area (Å²) in [5.41, 5.74) is 3.67. The SMILES string of the molecule is CCN(CC)C(=O)[C@H]1CN2CC[C@@H]1[C@@H](NCc1cc(OC)ccc1OC)[C@@H]2C(c1ccccc1)c1ccccc1. The normalized spacial score (nSPS) is 23.7. The van der Waals surface area contributed by atoms with E-state index >= 15 is 0 Å². The van der Waals surface area contributed by atoms with E-state index < -0.39 is 0 Å². The summed E-state index contributed by atoms with van der Waals surface area (Å²) < 4.78 is 11.2. The van der Waals surface area contributed by atoms with E-state index in [4.69, 9.17) is 9.47 Å². The number of nitrogens with zero attached hydrogens (tertiary/aromatic N) is 2. The van der Waals surface area contributed by atoms with Crippen LogP contribution >= 0.6 is 0 Å². The van der Waals surface area contributed by atoms with E-state index in [1.54, 1.807) is 14.2 Å². The first-order valence-corrected chi connectivity index (χ1v) is 14.7. The van der Waals surface area contributed by atoms with Gasteiger partial charge in [0.1, 0.15) is 11.5 Å². The lowest BCUT2D eigenvalue weighted by atomic mass is 9.66. The number of rotatable bonds is 11. The molecule has 3 heterocycles. The predicted molar refractivity (Wildman–Crippen MR) is 160 cm³/mol. The third-order valence-corrected chi connectivity index (χ3v) is 9.02. The van der Waals surface area contributed by atoms with Crippen molar-refractivity contribution in [3.05, 3.63) is 95.6 Å². The van der Waals surface area contributed by atoms with Crippen LogP contribution in [-0.4, -0.2) is 68.2 Å². The summed E-state index contributed by atoms with van der Waals surface area (Å²) in [6.45, 7) is 8.11. The highest BCUT2D eigenvalue weighted by molar-refractivity contribution is 5.80. The number of ether oxygens (including phenoxy) is 2. The fraction of sp³-hybridized carbons (Fsp3) is 0.441. The van der Waals surface area contributed by atoms with Crippen molar-refractivity contribution in [1.29, 1.82) is 0 Å². The lowest BCUT2D eigenvalue weighted by Crippen LogP contribution is -2.69. The Morgan fingerprint density at radius 3 is 2.17 bits per heavy atom. The van der Waals surface area contributed by atoms with Crippen LogP contribution in [0, 0.1) is 11.8 Å². The molecule has 40 heavy (non-hydrogen) atoms. The fourth-order valence-corrected chi connectivity index (χ4v) is 7.05. The Morgan fingerprint density at radius 2 is 1.60 bits per heavy atom. The van der Waals surface area contributed by atoms with Crippen molar-refractivity contribution in [2.24, 2.45) is 11.8 Å². The van der Waals surface area contributed by atoms with Gasteiger partial charge in [-0.15, -0.1) is 0 Å². The van der Waals surface area contributed by atoms with Crippen LogP contribution in [0.5, 0.6) is 11.5 Å². The van der Waals surface area contributed by atoms with Crippen LogP contribution in [0.2, 0.25) is 0 Å². The number of piperidine rings is 3. The van der Waals surface area contributed by atoms with Crippen molar-refractivity contribution >= 4 is 5.91 Å². The second-order valence-corrected chi connectivity index (χ2v) is 10.9. The molecule has 1 amide bonds. The molecule has 3 aromatic rings. The Balaban J connectivity index is 1.55. The molecule has 6 rings (SSSR count). The summed E-state index contributed by atoms with van der Waals surface area (Å²) >= 11 is 0. The maximum absolute atomic E-state index is 13.8. The second-order valence-electron chi connectivity index (χ2n) is 10.9. The lowest BCUT2D eigenvalue weighted by molar-refractivity contribution is -0.145. The quantitative estimate of drug-likeness (QED) is 0.363. The molecule has 1 unspecified atom stereocenters. The number of hydrogen-bond donors (Lipinski definition) is 1. The van der Waals surface area contributed by atoms with Gasteiger partial charge in [0.15, 0.2) is 0 Å². The van der Waals surface area contributed by atoms with Crippen molar-refractivity contribution < 1.29 is 14.3 Å². The minimum absolute atomic E-state index is 0.0122. The molecule has 6 nitrogen and oxygen atoms in total. The molecule has 6 heteroatoms. The number of methoxy groups -OCH3 is 2. The molecule has 3 aliphatic heterocycles. The summed E-state index contributed by atoms with van der Waals surface area (Å²) in [5.74, 6) is 2.35. The molecule has 0 aliphatic carbocycles. The smallest absolute Gasteiger partial charge is 0.227 e. The average molecular weight is 542 g/mol. The van der Waals surface area contributed by atoms with Gasteiger partial charge in [-0.05, 0) is 62.1 Å². The van der Waals surface area contributed by atoms with Gasteiger partial charge in [-0.3, -0.25) is 9.69 Å². The number of hydrogen-bond acceptors (Lipinski definition) is 5. The third-order valence-electron chi connectivity index (χ3n) is 9.02.